The maximum Gasteiger partial charge on any atom is 0.303 e. The molecule has 1 rings (SSSR count). The number of halogens is 3. The Hall–Kier alpha value is -1.07. The Labute approximate surface area is 98.3 Å². The van der Waals surface area contributed by atoms with Gasteiger partial charge in [0.2, 0.25) is 0 Å². The van der Waals surface area contributed by atoms with E-state index in [2.05, 4.69) is 0 Å². The van der Waals surface area contributed by atoms with Gasteiger partial charge in [-0.15, -0.1) is 0 Å². The number of benzene rings is 1. The smallest absolute Gasteiger partial charge is 0.303 e. The standard InChI is InChI=1S/C12H16F3NO/c1-7(16)8-4-5-10(13)9(6-8)12(14,15)11(2,3)17/h4-7,17H,16H2,1-3H3. The van der Waals surface area contributed by atoms with Crippen LogP contribution >= 0.6 is 0 Å². The van der Waals surface area contributed by atoms with Crippen molar-refractivity contribution in [3.8, 4) is 0 Å². The van der Waals surface area contributed by atoms with E-state index in [0.717, 1.165) is 26.0 Å². The quantitative estimate of drug-likeness (QED) is 0.862. The SMILES string of the molecule is CC(N)c1ccc(F)c(C(F)(F)C(C)(C)O)c1. The molecule has 1 aromatic rings. The number of nitrogens with two attached hydrogens (primary N) is 1. The monoisotopic (exact) mass is 247 g/mol. The Morgan fingerprint density at radius 3 is 2.24 bits per heavy atom. The predicted octanol–water partition coefficient (Wildman–Crippen LogP) is 2.71. The lowest BCUT2D eigenvalue weighted by Crippen LogP contribution is -2.41. The van der Waals surface area contributed by atoms with Crippen LogP contribution < -0.4 is 5.73 Å². The normalized spacial score (nSPS) is 14.8. The van der Waals surface area contributed by atoms with Crippen molar-refractivity contribution in [1.29, 1.82) is 0 Å². The largest absolute Gasteiger partial charge is 0.384 e. The van der Waals surface area contributed by atoms with Gasteiger partial charge in [0.1, 0.15) is 11.4 Å². The minimum atomic E-state index is -3.68. The topological polar surface area (TPSA) is 46.2 Å². The lowest BCUT2D eigenvalue weighted by atomic mass is 9.91. The van der Waals surface area contributed by atoms with E-state index in [0.29, 0.717) is 5.56 Å². The molecule has 0 radical (unpaired) electrons. The molecule has 0 spiro atoms. The molecule has 0 aliphatic rings. The number of alkyl halides is 2. The molecule has 1 atom stereocenters. The molecule has 0 saturated carbocycles. The number of rotatable bonds is 3. The average molecular weight is 247 g/mol. The van der Waals surface area contributed by atoms with Crippen molar-refractivity contribution in [3.05, 3.63) is 35.1 Å². The molecule has 0 heterocycles. The second kappa shape index (κ2) is 4.31. The van der Waals surface area contributed by atoms with Crippen molar-refractivity contribution in [2.75, 3.05) is 0 Å². The van der Waals surface area contributed by atoms with Crippen LogP contribution in [0.25, 0.3) is 0 Å². The molecule has 96 valence electrons. The van der Waals surface area contributed by atoms with E-state index in [4.69, 9.17) is 5.73 Å². The minimum absolute atomic E-state index is 0.394. The van der Waals surface area contributed by atoms with Gasteiger partial charge in [0.05, 0.1) is 5.56 Å². The summed E-state index contributed by atoms with van der Waals surface area (Å²) < 4.78 is 41.1. The highest BCUT2D eigenvalue weighted by Crippen LogP contribution is 2.40. The summed E-state index contributed by atoms with van der Waals surface area (Å²) in [5.41, 5.74) is 2.77. The third-order valence-electron chi connectivity index (χ3n) is 2.62. The van der Waals surface area contributed by atoms with E-state index in [-0.39, 0.29) is 0 Å². The molecule has 0 aliphatic carbocycles. The van der Waals surface area contributed by atoms with Gasteiger partial charge in [-0.2, -0.15) is 8.78 Å². The fourth-order valence-corrected chi connectivity index (χ4v) is 1.40. The molecule has 17 heavy (non-hydrogen) atoms. The maximum atomic E-state index is 13.8. The van der Waals surface area contributed by atoms with Crippen molar-refractivity contribution >= 4 is 0 Å². The Morgan fingerprint density at radius 1 is 1.29 bits per heavy atom. The van der Waals surface area contributed by atoms with Crippen molar-refractivity contribution in [2.45, 2.75) is 38.3 Å². The Balaban J connectivity index is 3.35. The summed E-state index contributed by atoms with van der Waals surface area (Å²) in [5, 5.41) is 9.40. The first kappa shape index (κ1) is 14.0. The van der Waals surface area contributed by atoms with E-state index in [9.17, 15) is 18.3 Å². The van der Waals surface area contributed by atoms with Gasteiger partial charge in [0.15, 0.2) is 0 Å². The summed E-state index contributed by atoms with van der Waals surface area (Å²) in [5.74, 6) is -4.73. The van der Waals surface area contributed by atoms with Gasteiger partial charge in [0.25, 0.3) is 0 Å². The molecule has 0 aliphatic heterocycles. The van der Waals surface area contributed by atoms with E-state index in [1.54, 1.807) is 6.92 Å². The molecule has 2 nitrogen and oxygen atoms in total. The highest BCUT2D eigenvalue weighted by molar-refractivity contribution is 5.31. The van der Waals surface area contributed by atoms with Gasteiger partial charge >= 0.3 is 5.92 Å². The zero-order valence-electron chi connectivity index (χ0n) is 9.97. The van der Waals surface area contributed by atoms with Crippen molar-refractivity contribution in [3.63, 3.8) is 0 Å². The molecule has 1 unspecified atom stereocenters. The fourth-order valence-electron chi connectivity index (χ4n) is 1.40. The summed E-state index contributed by atoms with van der Waals surface area (Å²) in [7, 11) is 0. The van der Waals surface area contributed by atoms with Crippen LogP contribution in [-0.2, 0) is 5.92 Å². The fraction of sp³-hybridized carbons (Fsp3) is 0.500. The molecule has 0 bridgehead atoms. The Bertz CT molecular complexity index is 411. The lowest BCUT2D eigenvalue weighted by molar-refractivity contribution is -0.170. The maximum absolute atomic E-state index is 13.8. The van der Waals surface area contributed by atoms with Gasteiger partial charge in [-0.25, -0.2) is 4.39 Å². The molecular weight excluding hydrogens is 231 g/mol. The Kier molecular flexibility index (Phi) is 3.55. The van der Waals surface area contributed by atoms with Gasteiger partial charge in [-0.3, -0.25) is 0 Å². The second-order valence-corrected chi connectivity index (χ2v) is 4.66. The van der Waals surface area contributed by atoms with Crippen molar-refractivity contribution in [2.24, 2.45) is 5.73 Å². The summed E-state index contributed by atoms with van der Waals surface area (Å²) >= 11 is 0. The number of hydrogen-bond donors (Lipinski definition) is 2. The average Bonchev–Trinajstić information content (AvgIpc) is 2.15. The van der Waals surface area contributed by atoms with Gasteiger partial charge in [-0.1, -0.05) is 6.07 Å². The Morgan fingerprint density at radius 2 is 1.82 bits per heavy atom. The first-order valence-electron chi connectivity index (χ1n) is 5.23. The summed E-state index contributed by atoms with van der Waals surface area (Å²) in [6.45, 7) is 3.48. The van der Waals surface area contributed by atoms with Gasteiger partial charge in [-0.05, 0) is 38.5 Å². The van der Waals surface area contributed by atoms with Crippen LogP contribution in [0.2, 0.25) is 0 Å². The van der Waals surface area contributed by atoms with Crippen molar-refractivity contribution in [1.82, 2.24) is 0 Å². The molecule has 0 saturated heterocycles. The zero-order valence-corrected chi connectivity index (χ0v) is 9.97. The highest BCUT2D eigenvalue weighted by Gasteiger charge is 2.48. The summed E-state index contributed by atoms with van der Waals surface area (Å²) in [4.78, 5) is 0. The van der Waals surface area contributed by atoms with Crippen molar-refractivity contribution < 1.29 is 18.3 Å². The molecule has 0 fully saturated rings. The molecule has 0 aromatic heterocycles. The van der Waals surface area contributed by atoms with E-state index >= 15 is 0 Å². The van der Waals surface area contributed by atoms with E-state index in [1.807, 2.05) is 0 Å². The van der Waals surface area contributed by atoms with Crippen LogP contribution in [0, 0.1) is 5.82 Å². The van der Waals surface area contributed by atoms with E-state index < -0.39 is 28.9 Å². The summed E-state index contributed by atoms with van der Waals surface area (Å²) in [6, 6.07) is 2.81. The summed E-state index contributed by atoms with van der Waals surface area (Å²) in [6.07, 6.45) is 0. The molecule has 5 heteroatoms. The number of aliphatic hydroxyl groups is 1. The third-order valence-corrected chi connectivity index (χ3v) is 2.62. The molecule has 3 N–H and O–H groups in total. The molecule has 1 aromatic carbocycles. The van der Waals surface area contributed by atoms with Crippen LogP contribution in [0.4, 0.5) is 13.2 Å². The minimum Gasteiger partial charge on any atom is -0.384 e. The van der Waals surface area contributed by atoms with Crippen LogP contribution in [0.5, 0.6) is 0 Å². The second-order valence-electron chi connectivity index (χ2n) is 4.66. The highest BCUT2D eigenvalue weighted by atomic mass is 19.3. The van der Waals surface area contributed by atoms with Crippen LogP contribution in [-0.4, -0.2) is 10.7 Å². The van der Waals surface area contributed by atoms with Crippen LogP contribution in [0.1, 0.15) is 37.9 Å². The lowest BCUT2D eigenvalue weighted by Gasteiger charge is -2.30. The first-order valence-corrected chi connectivity index (χ1v) is 5.23. The zero-order chi connectivity index (χ0) is 13.4. The molecular formula is C12H16F3NO. The first-order chi connectivity index (χ1) is 7.57. The van der Waals surface area contributed by atoms with Gasteiger partial charge in [0, 0.05) is 6.04 Å². The van der Waals surface area contributed by atoms with Gasteiger partial charge < -0.3 is 10.8 Å². The van der Waals surface area contributed by atoms with E-state index in [1.165, 1.54) is 6.07 Å². The third kappa shape index (κ3) is 2.61. The molecule has 0 amide bonds. The van der Waals surface area contributed by atoms with Crippen LogP contribution in [0.15, 0.2) is 18.2 Å². The predicted molar refractivity (Wildman–Crippen MR) is 59.2 cm³/mol. The number of hydrogen-bond acceptors (Lipinski definition) is 2. The van der Waals surface area contributed by atoms with Crippen LogP contribution in [0.3, 0.4) is 0 Å².